The molecule has 4 heterocycles. The zero-order valence-electron chi connectivity index (χ0n) is 58.8. The third-order valence-corrected chi connectivity index (χ3v) is 20.3. The van der Waals surface area contributed by atoms with Crippen molar-refractivity contribution in [2.45, 2.75) is 68.1 Å². The minimum Gasteiger partial charge on any atom is -0.508 e. The average molecular weight is 1430 g/mol. The Hall–Kier alpha value is -12.5. The molecule has 12 aromatic carbocycles. The van der Waals surface area contributed by atoms with Crippen molar-refractivity contribution in [2.24, 2.45) is 0 Å². The van der Waals surface area contributed by atoms with E-state index in [0.29, 0.717) is 55.0 Å². The van der Waals surface area contributed by atoms with Crippen LogP contribution in [-0.2, 0) is 0 Å². The van der Waals surface area contributed by atoms with Gasteiger partial charge in [0.15, 0.2) is 11.6 Å². The number of halogens is 2. The maximum absolute atomic E-state index is 14.4. The number of benzene rings is 12. The summed E-state index contributed by atoms with van der Waals surface area (Å²) in [5.74, 6) is 4.78. The fourth-order valence-electron chi connectivity index (χ4n) is 15.0. The van der Waals surface area contributed by atoms with Gasteiger partial charge >= 0.3 is 0 Å². The highest BCUT2D eigenvalue weighted by Crippen LogP contribution is 2.52. The van der Waals surface area contributed by atoms with Crippen LogP contribution in [0, 0.1) is 32.4 Å². The van der Waals surface area contributed by atoms with Crippen molar-refractivity contribution in [1.29, 1.82) is 0 Å². The first kappa shape index (κ1) is 71.9. The molecule has 8 atom stereocenters. The highest BCUT2D eigenvalue weighted by molar-refractivity contribution is 5.57. The van der Waals surface area contributed by atoms with Gasteiger partial charge in [-0.05, 0) is 185 Å². The molecule has 0 saturated carbocycles. The molecule has 17 heteroatoms. The standard InChI is InChI=1S/C23H22O4.C22H19FO4.C22H19FO3.C22H20O4/c1-14-11-16(5-10-21(14)26-2)23-19-9-8-18(25)12-22(19)27-13-20(23)15-3-6-17(24)7-4-15;1-26-20-9-4-14(10-19(20)23)22-17-8-7-16(25)11-21(17)27-12-18(22)13-2-5-15(24)6-3-13;1-13-10-15(4-9-20(13)23)22-18-8-7-17(25)11-21(18)26-12-19(22)14-2-5-16(24)6-3-14;1-13-10-15(4-9-20(13)25)22-18-8-7-17(24)11-21(18)26-12-19(22)14-2-5-16(23)6-3-14/h3-12,20,23-25H,13H2,1-2H3;2-11,18,22,24-25H,12H2,1H3;2-11,19,22,24-25H,12H2,1H3;2-11,19,22-25H,12H2,1H3. The predicted octanol–water partition coefficient (Wildman–Crippen LogP) is 18.5. The van der Waals surface area contributed by atoms with E-state index in [2.05, 4.69) is 12.1 Å². The minimum absolute atomic E-state index is 0.0116. The van der Waals surface area contributed by atoms with Gasteiger partial charge in [0.2, 0.25) is 0 Å². The lowest BCUT2D eigenvalue weighted by molar-refractivity contribution is 0.247. The molecular formula is C89H80F2O15. The number of methoxy groups -OCH3 is 2. The van der Waals surface area contributed by atoms with Crippen LogP contribution in [0.15, 0.2) is 243 Å². The van der Waals surface area contributed by atoms with Crippen molar-refractivity contribution >= 4 is 0 Å². The molecule has 540 valence electrons. The Balaban J connectivity index is 0.000000125. The fraction of sp³-hybridized carbons (Fsp3) is 0.191. The third kappa shape index (κ3) is 15.6. The van der Waals surface area contributed by atoms with Crippen LogP contribution in [-0.4, -0.2) is 86.6 Å². The van der Waals surface area contributed by atoms with Crippen LogP contribution >= 0.6 is 0 Å². The van der Waals surface area contributed by atoms with Gasteiger partial charge in [0.05, 0.1) is 40.6 Å². The predicted molar refractivity (Wildman–Crippen MR) is 400 cm³/mol. The molecule has 0 aliphatic carbocycles. The lowest BCUT2D eigenvalue weighted by Crippen LogP contribution is -2.25. The third-order valence-electron chi connectivity index (χ3n) is 20.3. The average Bonchev–Trinajstić information content (AvgIpc) is 0.784. The van der Waals surface area contributed by atoms with Crippen LogP contribution in [0.5, 0.6) is 86.2 Å². The van der Waals surface area contributed by atoms with Crippen molar-refractivity contribution in [3.63, 3.8) is 0 Å². The summed E-state index contributed by atoms with van der Waals surface area (Å²) in [7, 11) is 3.11. The molecule has 4 aliphatic heterocycles. The molecule has 0 saturated heterocycles. The van der Waals surface area contributed by atoms with Crippen molar-refractivity contribution in [1.82, 2.24) is 0 Å². The second-order valence-electron chi connectivity index (χ2n) is 27.0. The molecular weight excluding hydrogens is 1350 g/mol. The van der Waals surface area contributed by atoms with Crippen LogP contribution in [0.4, 0.5) is 8.78 Å². The molecule has 15 nitrogen and oxygen atoms in total. The largest absolute Gasteiger partial charge is 0.508 e. The van der Waals surface area contributed by atoms with E-state index in [0.717, 1.165) is 78.1 Å². The molecule has 16 rings (SSSR count). The van der Waals surface area contributed by atoms with Crippen molar-refractivity contribution < 1.29 is 83.2 Å². The summed E-state index contributed by atoms with van der Waals surface area (Å²) < 4.78 is 62.4. The second kappa shape index (κ2) is 31.2. The van der Waals surface area contributed by atoms with Gasteiger partial charge in [-0.3, -0.25) is 0 Å². The van der Waals surface area contributed by atoms with Crippen molar-refractivity contribution in [3.05, 3.63) is 338 Å². The number of aromatic hydroxyl groups is 9. The van der Waals surface area contributed by atoms with Crippen LogP contribution in [0.25, 0.3) is 0 Å². The van der Waals surface area contributed by atoms with Crippen LogP contribution in [0.2, 0.25) is 0 Å². The number of hydrogen-bond donors (Lipinski definition) is 9. The van der Waals surface area contributed by atoms with Crippen LogP contribution in [0.1, 0.15) is 131 Å². The van der Waals surface area contributed by atoms with Crippen molar-refractivity contribution in [3.8, 4) is 86.2 Å². The smallest absolute Gasteiger partial charge is 0.165 e. The van der Waals surface area contributed by atoms with E-state index in [4.69, 9.17) is 28.4 Å². The van der Waals surface area contributed by atoms with E-state index in [1.165, 1.54) is 24.8 Å². The minimum atomic E-state index is -0.425. The fourth-order valence-corrected chi connectivity index (χ4v) is 15.0. The summed E-state index contributed by atoms with van der Waals surface area (Å²) in [5, 5.41) is 87.6. The lowest BCUT2D eigenvalue weighted by Gasteiger charge is -2.34. The Labute approximate surface area is 612 Å². The molecule has 0 bridgehead atoms. The van der Waals surface area contributed by atoms with Gasteiger partial charge in [0, 0.05) is 93.9 Å². The molecule has 8 unspecified atom stereocenters. The maximum Gasteiger partial charge on any atom is 0.165 e. The van der Waals surface area contributed by atoms with E-state index >= 15 is 0 Å². The second-order valence-corrected chi connectivity index (χ2v) is 27.0. The van der Waals surface area contributed by atoms with Gasteiger partial charge < -0.3 is 74.4 Å². The van der Waals surface area contributed by atoms with Crippen LogP contribution < -0.4 is 28.4 Å². The molecule has 4 aliphatic rings. The molecule has 12 aromatic rings. The number of phenolic OH excluding ortho intramolecular Hbond substituents is 9. The SMILES string of the molecule is COc1ccc(C2c3ccc(O)cc3OCC2c2ccc(O)cc2)cc1C.COc1ccc(C2c3ccc(O)cc3OCC2c2ccc(O)cc2)cc1F.Cc1cc(C2c3ccc(O)cc3OCC2c2ccc(O)cc2)ccc1F.Cc1cc(C2c3ccc(O)cc3OCC2c2ccc(O)cc2)ccc1O. The molecule has 0 amide bonds. The zero-order valence-corrected chi connectivity index (χ0v) is 58.8. The quantitative estimate of drug-likeness (QED) is 0.0619. The number of fused-ring (bicyclic) bond motifs is 4. The highest BCUT2D eigenvalue weighted by Gasteiger charge is 2.39. The van der Waals surface area contributed by atoms with Crippen LogP contribution in [0.3, 0.4) is 0 Å². The monoisotopic (exact) mass is 1430 g/mol. The van der Waals surface area contributed by atoms with E-state index in [-0.39, 0.29) is 111 Å². The van der Waals surface area contributed by atoms with E-state index < -0.39 is 5.82 Å². The summed E-state index contributed by atoms with van der Waals surface area (Å²) in [5.41, 5.74) is 14.6. The van der Waals surface area contributed by atoms with Crippen molar-refractivity contribution in [2.75, 3.05) is 40.6 Å². The van der Waals surface area contributed by atoms with Gasteiger partial charge in [-0.2, -0.15) is 0 Å². The van der Waals surface area contributed by atoms with Gasteiger partial charge in [-0.1, -0.05) is 115 Å². The maximum atomic E-state index is 14.4. The molecule has 0 aromatic heterocycles. The number of aryl methyl sites for hydroxylation is 3. The van der Waals surface area contributed by atoms with Gasteiger partial charge in [0.25, 0.3) is 0 Å². The van der Waals surface area contributed by atoms with E-state index in [1.54, 1.807) is 123 Å². The molecule has 0 fully saturated rings. The van der Waals surface area contributed by atoms with Gasteiger partial charge in [-0.15, -0.1) is 0 Å². The Morgan fingerprint density at radius 2 is 0.528 bits per heavy atom. The zero-order chi connectivity index (χ0) is 74.4. The highest BCUT2D eigenvalue weighted by atomic mass is 19.1. The lowest BCUT2D eigenvalue weighted by atomic mass is 9.75. The normalized spacial score (nSPS) is 18.6. The Morgan fingerprint density at radius 1 is 0.264 bits per heavy atom. The van der Waals surface area contributed by atoms with E-state index in [9.17, 15) is 54.7 Å². The Bertz CT molecular complexity index is 4790. The molecule has 0 radical (unpaired) electrons. The first-order valence-electron chi connectivity index (χ1n) is 34.7. The number of rotatable bonds is 10. The Morgan fingerprint density at radius 3 is 0.821 bits per heavy atom. The summed E-state index contributed by atoms with van der Waals surface area (Å²) in [4.78, 5) is 0. The summed E-state index contributed by atoms with van der Waals surface area (Å²) >= 11 is 0. The number of phenols is 9. The number of hydrogen-bond acceptors (Lipinski definition) is 15. The summed E-state index contributed by atoms with van der Waals surface area (Å²) in [6.07, 6.45) is 0. The number of ether oxygens (including phenoxy) is 6. The molecule has 0 spiro atoms. The summed E-state index contributed by atoms with van der Waals surface area (Å²) in [6, 6.07) is 71.2. The van der Waals surface area contributed by atoms with Gasteiger partial charge in [-0.25, -0.2) is 8.78 Å². The van der Waals surface area contributed by atoms with E-state index in [1.807, 2.05) is 123 Å². The molecule has 9 N–H and O–H groups in total. The first-order valence-corrected chi connectivity index (χ1v) is 34.7. The topological polar surface area (TPSA) is 237 Å². The Kier molecular flexibility index (Phi) is 21.2. The molecule has 106 heavy (non-hydrogen) atoms. The summed E-state index contributed by atoms with van der Waals surface area (Å²) in [6.45, 7) is 7.44. The van der Waals surface area contributed by atoms with Gasteiger partial charge in [0.1, 0.15) is 86.3 Å². The first-order chi connectivity index (χ1) is 51.2.